The van der Waals surface area contributed by atoms with Gasteiger partial charge in [0.05, 0.1) is 5.57 Å². The summed E-state index contributed by atoms with van der Waals surface area (Å²) in [5.74, 6) is 0.966. The number of halogens is 1. The van der Waals surface area contributed by atoms with Gasteiger partial charge in [-0.1, -0.05) is 66.7 Å². The average Bonchev–Trinajstić information content (AvgIpc) is 2.83. The Kier molecular flexibility index (Phi) is 8.48. The lowest BCUT2D eigenvalue weighted by molar-refractivity contribution is -0.107. The largest absolute Gasteiger partial charge is 0.294 e. The lowest BCUT2D eigenvalue weighted by Crippen LogP contribution is -2.15. The van der Waals surface area contributed by atoms with Crippen molar-refractivity contribution in [2.75, 3.05) is 0 Å². The van der Waals surface area contributed by atoms with Crippen LogP contribution < -0.4 is 0 Å². The van der Waals surface area contributed by atoms with Crippen molar-refractivity contribution in [1.29, 1.82) is 0 Å². The van der Waals surface area contributed by atoms with Crippen molar-refractivity contribution >= 4 is 39.9 Å². The van der Waals surface area contributed by atoms with Crippen molar-refractivity contribution in [3.8, 4) is 0 Å². The van der Waals surface area contributed by atoms with Crippen LogP contribution in [0.15, 0.2) is 78.9 Å². The van der Waals surface area contributed by atoms with Crippen LogP contribution in [0.2, 0.25) is 0 Å². The van der Waals surface area contributed by atoms with Crippen molar-refractivity contribution in [3.63, 3.8) is 0 Å². The number of allylic oxidation sites excluding steroid dienone is 3. The summed E-state index contributed by atoms with van der Waals surface area (Å²) in [5.41, 5.74) is 4.69. The summed E-state index contributed by atoms with van der Waals surface area (Å²) in [6.45, 7) is 5.33. The summed E-state index contributed by atoms with van der Waals surface area (Å²) >= 11 is 5.34. The Morgan fingerprint density at radius 2 is 1.43 bits per heavy atom. The zero-order valence-corrected chi connectivity index (χ0v) is 20.6. The Bertz CT molecular complexity index is 1350. The van der Waals surface area contributed by atoms with Crippen LogP contribution >= 0.6 is 11.6 Å². The first-order valence-corrected chi connectivity index (χ1v) is 11.5. The van der Waals surface area contributed by atoms with Crippen LogP contribution in [-0.2, 0) is 9.59 Å². The molecule has 35 heavy (non-hydrogen) atoms. The van der Waals surface area contributed by atoms with Gasteiger partial charge in [0, 0.05) is 29.5 Å². The van der Waals surface area contributed by atoms with Gasteiger partial charge >= 0.3 is 0 Å². The molecule has 0 aliphatic carbocycles. The highest BCUT2D eigenvalue weighted by Crippen LogP contribution is 2.35. The molecule has 0 amide bonds. The second-order valence-corrected chi connectivity index (χ2v) is 8.73. The van der Waals surface area contributed by atoms with E-state index in [0.29, 0.717) is 33.4 Å². The minimum Gasteiger partial charge on any atom is -0.294 e. The highest BCUT2D eigenvalue weighted by Gasteiger charge is 2.26. The van der Waals surface area contributed by atoms with Gasteiger partial charge in [0.25, 0.3) is 0 Å². The molecule has 0 aliphatic rings. The first-order valence-electron chi connectivity index (χ1n) is 11.2. The molecule has 0 aromatic heterocycles. The van der Waals surface area contributed by atoms with Crippen LogP contribution in [0.1, 0.15) is 60.9 Å². The van der Waals surface area contributed by atoms with Gasteiger partial charge in [0.1, 0.15) is 5.94 Å². The van der Waals surface area contributed by atoms with E-state index in [0.717, 1.165) is 23.3 Å². The molecule has 3 rings (SSSR count). The van der Waals surface area contributed by atoms with Gasteiger partial charge in [0.2, 0.25) is 5.24 Å². The fraction of sp³-hybridized carbons (Fsp3) is 0.167. The smallest absolute Gasteiger partial charge is 0.245 e. The predicted octanol–water partition coefficient (Wildman–Crippen LogP) is 6.39. The lowest BCUT2D eigenvalue weighted by Gasteiger charge is -2.21. The van der Waals surface area contributed by atoms with Gasteiger partial charge in [-0.05, 0) is 66.3 Å². The van der Waals surface area contributed by atoms with E-state index in [-0.39, 0.29) is 12.2 Å². The van der Waals surface area contributed by atoms with E-state index in [2.05, 4.69) is 5.94 Å². The number of carbonyl (C=O) groups excluding carboxylic acids is 4. The number of hydrogen-bond donors (Lipinski definition) is 0. The fourth-order valence-electron chi connectivity index (χ4n) is 4.53. The molecule has 0 spiro atoms. The van der Waals surface area contributed by atoms with Crippen molar-refractivity contribution in [3.05, 3.63) is 118 Å². The standard InChI is InChI=1S/C30H25ClO4/c1-19-16-20(2)30(21(3)29(19)26(33)14-15-28(31)35)27(34)17-24(22-10-6-4-7-11-22)25(18-32)23-12-8-5-9-13-23/h4-16,24H,17H2,1-3H3/b15-14-. The summed E-state index contributed by atoms with van der Waals surface area (Å²) < 4.78 is 0. The third kappa shape index (κ3) is 5.99. The maximum Gasteiger partial charge on any atom is 0.245 e. The normalized spacial score (nSPS) is 11.7. The van der Waals surface area contributed by atoms with Gasteiger partial charge in [-0.25, -0.2) is 4.79 Å². The molecule has 3 aromatic carbocycles. The number of ketones is 2. The SMILES string of the molecule is Cc1cc(C)c(C(=O)CC(C(=C=O)c2ccccc2)c2ccccc2)c(C)c1C(=O)/C=C\C(=O)Cl. The second-order valence-electron chi connectivity index (χ2n) is 8.36. The number of rotatable bonds is 9. The van der Waals surface area contributed by atoms with Gasteiger partial charge in [-0.3, -0.25) is 14.4 Å². The molecule has 3 aromatic rings. The number of Topliss-reactive ketones (excluding diaryl/α,β-unsaturated/α-hetero) is 1. The highest BCUT2D eigenvalue weighted by molar-refractivity contribution is 6.66. The molecule has 0 heterocycles. The quantitative estimate of drug-likeness (QED) is 0.153. The number of hydrogen-bond acceptors (Lipinski definition) is 4. The third-order valence-electron chi connectivity index (χ3n) is 6.00. The molecule has 0 saturated heterocycles. The molecule has 1 atom stereocenters. The van der Waals surface area contributed by atoms with Crippen LogP contribution in [0.5, 0.6) is 0 Å². The van der Waals surface area contributed by atoms with Crippen LogP contribution in [0.3, 0.4) is 0 Å². The Morgan fingerprint density at radius 1 is 0.857 bits per heavy atom. The first-order chi connectivity index (χ1) is 16.7. The highest BCUT2D eigenvalue weighted by atomic mass is 35.5. The third-order valence-corrected chi connectivity index (χ3v) is 6.12. The molecule has 0 aliphatic heterocycles. The molecule has 0 fully saturated rings. The minimum atomic E-state index is -0.753. The van der Waals surface area contributed by atoms with Crippen LogP contribution in [0, 0.1) is 20.8 Å². The monoisotopic (exact) mass is 484 g/mol. The van der Waals surface area contributed by atoms with Crippen molar-refractivity contribution < 1.29 is 19.2 Å². The van der Waals surface area contributed by atoms with Gasteiger partial charge in [0.15, 0.2) is 11.6 Å². The zero-order valence-electron chi connectivity index (χ0n) is 19.8. The van der Waals surface area contributed by atoms with Crippen molar-refractivity contribution in [2.24, 2.45) is 0 Å². The Labute approximate surface area is 209 Å². The summed E-state index contributed by atoms with van der Waals surface area (Å²) in [6.07, 6.45) is 2.14. The maximum atomic E-state index is 13.7. The summed E-state index contributed by atoms with van der Waals surface area (Å²) in [6, 6.07) is 20.3. The minimum absolute atomic E-state index is 0.0257. The van der Waals surface area contributed by atoms with Crippen LogP contribution in [0.25, 0.3) is 5.57 Å². The van der Waals surface area contributed by atoms with E-state index in [1.165, 1.54) is 0 Å². The average molecular weight is 485 g/mol. The fourth-order valence-corrected chi connectivity index (χ4v) is 4.59. The van der Waals surface area contributed by atoms with E-state index in [9.17, 15) is 19.2 Å². The maximum absolute atomic E-state index is 13.7. The number of carbonyl (C=O) groups is 3. The topological polar surface area (TPSA) is 68.3 Å². The summed E-state index contributed by atoms with van der Waals surface area (Å²) in [5, 5.41) is -0.753. The van der Waals surface area contributed by atoms with E-state index in [4.69, 9.17) is 11.6 Å². The molecule has 0 N–H and O–H groups in total. The molecule has 0 saturated carbocycles. The molecule has 1 unspecified atom stereocenters. The Balaban J connectivity index is 2.08. The van der Waals surface area contributed by atoms with Gasteiger partial charge in [-0.15, -0.1) is 0 Å². The number of benzene rings is 3. The van der Waals surface area contributed by atoms with E-state index >= 15 is 0 Å². The van der Waals surface area contributed by atoms with E-state index in [1.54, 1.807) is 19.9 Å². The summed E-state index contributed by atoms with van der Waals surface area (Å²) in [4.78, 5) is 49.7. The Morgan fingerprint density at radius 3 is 2.00 bits per heavy atom. The van der Waals surface area contributed by atoms with Crippen molar-refractivity contribution in [1.82, 2.24) is 0 Å². The predicted molar refractivity (Wildman–Crippen MR) is 139 cm³/mol. The van der Waals surface area contributed by atoms with Crippen molar-refractivity contribution in [2.45, 2.75) is 33.1 Å². The molecule has 176 valence electrons. The van der Waals surface area contributed by atoms with Crippen LogP contribution in [0.4, 0.5) is 0 Å². The van der Waals surface area contributed by atoms with Gasteiger partial charge < -0.3 is 0 Å². The summed E-state index contributed by atoms with van der Waals surface area (Å²) in [7, 11) is 0. The van der Waals surface area contributed by atoms with E-state index in [1.807, 2.05) is 67.6 Å². The molecule has 0 radical (unpaired) electrons. The molecule has 0 bridgehead atoms. The molecular formula is C30H25ClO4. The number of aryl methyl sites for hydroxylation is 2. The van der Waals surface area contributed by atoms with Crippen LogP contribution in [-0.4, -0.2) is 22.8 Å². The first kappa shape index (κ1) is 25.8. The molecule has 4 nitrogen and oxygen atoms in total. The molecule has 5 heteroatoms. The lowest BCUT2D eigenvalue weighted by atomic mass is 9.81. The second kappa shape index (κ2) is 11.5. The molecular weight excluding hydrogens is 460 g/mol. The van der Waals surface area contributed by atoms with Gasteiger partial charge in [-0.2, -0.15) is 0 Å². The Hall–Kier alpha value is -3.85. The van der Waals surface area contributed by atoms with E-state index < -0.39 is 16.9 Å². The zero-order chi connectivity index (χ0) is 25.5.